The van der Waals surface area contributed by atoms with E-state index in [-0.39, 0.29) is 6.04 Å². The molecule has 0 bridgehead atoms. The Balaban J connectivity index is 1.52. The molecule has 1 aliphatic heterocycles. The first-order valence-corrected chi connectivity index (χ1v) is 11.7. The molecular weight excluding hydrogens is 404 g/mol. The van der Waals surface area contributed by atoms with E-state index in [0.29, 0.717) is 48.0 Å². The fourth-order valence-corrected chi connectivity index (χ4v) is 5.64. The van der Waals surface area contributed by atoms with Crippen molar-refractivity contribution < 1.29 is 17.9 Å². The fraction of sp³-hybridized carbons (Fsp3) is 0.524. The zero-order valence-electron chi connectivity index (χ0n) is 17.4. The fourth-order valence-electron chi connectivity index (χ4n) is 3.85. The zero-order chi connectivity index (χ0) is 21.1. The second kappa shape index (κ2) is 8.77. The van der Waals surface area contributed by atoms with Crippen molar-refractivity contribution in [1.82, 2.24) is 14.3 Å². The van der Waals surface area contributed by atoms with Crippen molar-refractivity contribution in [3.63, 3.8) is 0 Å². The highest BCUT2D eigenvalue weighted by molar-refractivity contribution is 7.89. The van der Waals surface area contributed by atoms with E-state index in [4.69, 9.17) is 9.47 Å². The van der Waals surface area contributed by atoms with Crippen LogP contribution in [-0.4, -0.2) is 62.6 Å². The van der Waals surface area contributed by atoms with E-state index in [0.717, 1.165) is 25.7 Å². The lowest BCUT2D eigenvalue weighted by atomic mass is 10.1. The summed E-state index contributed by atoms with van der Waals surface area (Å²) in [6.07, 6.45) is 5.34. The molecule has 1 aromatic carbocycles. The maximum atomic E-state index is 13.5. The number of piperidine rings is 1. The summed E-state index contributed by atoms with van der Waals surface area (Å²) in [6, 6.07) is 8.42. The number of methoxy groups -OCH3 is 2. The maximum Gasteiger partial charge on any atom is 0.243 e. The number of benzene rings is 1. The number of sulfonamides is 1. The third-order valence-corrected chi connectivity index (χ3v) is 7.68. The third kappa shape index (κ3) is 4.52. The second-order valence-corrected chi connectivity index (χ2v) is 9.70. The standard InChI is InChI=1S/C21H28N4O4S/c1-28-18-4-3-5-19(14-18)30(26,27)25(15-16-6-7-16)17-9-12-24(13-10-17)21-22-11-8-20(23-21)29-2/h3-5,8,11,14,16-17H,6-7,9-10,12-13,15H2,1-2H3. The summed E-state index contributed by atoms with van der Waals surface area (Å²) in [5, 5.41) is 0. The molecule has 8 nitrogen and oxygen atoms in total. The predicted octanol–water partition coefficient (Wildman–Crippen LogP) is 2.56. The van der Waals surface area contributed by atoms with Crippen LogP contribution in [0.1, 0.15) is 25.7 Å². The Hall–Kier alpha value is -2.39. The average molecular weight is 433 g/mol. The smallest absolute Gasteiger partial charge is 0.243 e. The summed E-state index contributed by atoms with van der Waals surface area (Å²) >= 11 is 0. The van der Waals surface area contributed by atoms with E-state index < -0.39 is 10.0 Å². The molecule has 2 aliphatic rings. The lowest BCUT2D eigenvalue weighted by Gasteiger charge is -2.38. The molecule has 0 spiro atoms. The summed E-state index contributed by atoms with van der Waals surface area (Å²) in [4.78, 5) is 11.1. The maximum absolute atomic E-state index is 13.5. The lowest BCUT2D eigenvalue weighted by molar-refractivity contribution is 0.265. The van der Waals surface area contributed by atoms with E-state index in [2.05, 4.69) is 14.9 Å². The highest BCUT2D eigenvalue weighted by Gasteiger charge is 2.38. The number of ether oxygens (including phenoxy) is 2. The Morgan fingerprint density at radius 2 is 1.87 bits per heavy atom. The van der Waals surface area contributed by atoms with Crippen LogP contribution < -0.4 is 14.4 Å². The van der Waals surface area contributed by atoms with E-state index in [1.165, 1.54) is 0 Å². The van der Waals surface area contributed by atoms with Crippen LogP contribution in [0.25, 0.3) is 0 Å². The zero-order valence-corrected chi connectivity index (χ0v) is 18.2. The molecule has 0 radical (unpaired) electrons. The summed E-state index contributed by atoms with van der Waals surface area (Å²) in [6.45, 7) is 1.99. The summed E-state index contributed by atoms with van der Waals surface area (Å²) in [5.41, 5.74) is 0. The van der Waals surface area contributed by atoms with Gasteiger partial charge in [-0.25, -0.2) is 13.4 Å². The number of aromatic nitrogens is 2. The van der Waals surface area contributed by atoms with Gasteiger partial charge in [0.05, 0.1) is 19.1 Å². The van der Waals surface area contributed by atoms with Gasteiger partial charge in [0.2, 0.25) is 21.9 Å². The first kappa shape index (κ1) is 20.9. The molecule has 0 unspecified atom stereocenters. The molecule has 9 heteroatoms. The van der Waals surface area contributed by atoms with E-state index in [9.17, 15) is 8.42 Å². The number of hydrogen-bond acceptors (Lipinski definition) is 7. The Labute approximate surface area is 177 Å². The molecule has 4 rings (SSSR count). The monoisotopic (exact) mass is 432 g/mol. The summed E-state index contributed by atoms with van der Waals surface area (Å²) in [7, 11) is -0.471. The van der Waals surface area contributed by atoms with Gasteiger partial charge in [0.25, 0.3) is 0 Å². The molecule has 0 amide bonds. The molecule has 1 aliphatic carbocycles. The Bertz CT molecular complexity index is 972. The Morgan fingerprint density at radius 3 is 2.53 bits per heavy atom. The lowest BCUT2D eigenvalue weighted by Crippen LogP contribution is -2.48. The minimum Gasteiger partial charge on any atom is -0.497 e. The van der Waals surface area contributed by atoms with Crippen molar-refractivity contribution in [1.29, 1.82) is 0 Å². The molecule has 2 heterocycles. The molecule has 0 N–H and O–H groups in total. The minimum absolute atomic E-state index is 0.0383. The van der Waals surface area contributed by atoms with Crippen LogP contribution in [0.15, 0.2) is 41.4 Å². The van der Waals surface area contributed by atoms with Gasteiger partial charge in [0, 0.05) is 44.0 Å². The molecule has 1 saturated carbocycles. The van der Waals surface area contributed by atoms with Crippen molar-refractivity contribution in [2.45, 2.75) is 36.6 Å². The highest BCUT2D eigenvalue weighted by Crippen LogP contribution is 2.35. The van der Waals surface area contributed by atoms with E-state index in [1.54, 1.807) is 55.1 Å². The molecule has 2 aromatic rings. The van der Waals surface area contributed by atoms with Crippen LogP contribution in [0, 0.1) is 5.92 Å². The van der Waals surface area contributed by atoms with E-state index in [1.807, 2.05) is 0 Å². The summed E-state index contributed by atoms with van der Waals surface area (Å²) < 4.78 is 39.2. The first-order chi connectivity index (χ1) is 14.5. The predicted molar refractivity (Wildman–Crippen MR) is 113 cm³/mol. The highest BCUT2D eigenvalue weighted by atomic mass is 32.2. The molecule has 1 aromatic heterocycles. The molecule has 2 fully saturated rings. The van der Waals surface area contributed by atoms with Crippen molar-refractivity contribution in [3.05, 3.63) is 36.5 Å². The van der Waals surface area contributed by atoms with Crippen LogP contribution in [0.2, 0.25) is 0 Å². The summed E-state index contributed by atoms with van der Waals surface area (Å²) in [5.74, 6) is 2.16. The Kier molecular flexibility index (Phi) is 6.10. The van der Waals surface area contributed by atoms with Gasteiger partial charge in [-0.2, -0.15) is 9.29 Å². The topological polar surface area (TPSA) is 84.9 Å². The van der Waals surface area contributed by atoms with Crippen LogP contribution in [-0.2, 0) is 10.0 Å². The number of nitrogens with zero attached hydrogens (tertiary/aromatic N) is 4. The first-order valence-electron chi connectivity index (χ1n) is 10.3. The van der Waals surface area contributed by atoms with Crippen molar-refractivity contribution in [3.8, 4) is 11.6 Å². The van der Waals surface area contributed by atoms with Gasteiger partial charge < -0.3 is 14.4 Å². The van der Waals surface area contributed by atoms with Crippen molar-refractivity contribution in [2.75, 3.05) is 38.8 Å². The van der Waals surface area contributed by atoms with Gasteiger partial charge in [0.1, 0.15) is 5.75 Å². The van der Waals surface area contributed by atoms with Crippen LogP contribution in [0.3, 0.4) is 0 Å². The SMILES string of the molecule is COc1cccc(S(=O)(=O)N(CC2CC2)C2CCN(c3nccc(OC)n3)CC2)c1. The van der Waals surface area contributed by atoms with Gasteiger partial charge in [-0.1, -0.05) is 6.07 Å². The van der Waals surface area contributed by atoms with Gasteiger partial charge >= 0.3 is 0 Å². The molecule has 162 valence electrons. The van der Waals surface area contributed by atoms with Crippen molar-refractivity contribution >= 4 is 16.0 Å². The quantitative estimate of drug-likeness (QED) is 0.634. The van der Waals surface area contributed by atoms with E-state index >= 15 is 0 Å². The van der Waals surface area contributed by atoms with Crippen molar-refractivity contribution in [2.24, 2.45) is 5.92 Å². The van der Waals surface area contributed by atoms with Gasteiger partial charge in [0.15, 0.2) is 0 Å². The molecule has 1 saturated heterocycles. The van der Waals surface area contributed by atoms with Crippen LogP contribution in [0.5, 0.6) is 11.6 Å². The third-order valence-electron chi connectivity index (χ3n) is 5.76. The molecule has 30 heavy (non-hydrogen) atoms. The Morgan fingerprint density at radius 1 is 1.10 bits per heavy atom. The van der Waals surface area contributed by atoms with Gasteiger partial charge in [-0.3, -0.25) is 0 Å². The molecule has 0 atom stereocenters. The molecular formula is C21H28N4O4S. The average Bonchev–Trinajstić information content (AvgIpc) is 3.62. The number of anilines is 1. The van der Waals surface area contributed by atoms with Gasteiger partial charge in [-0.05, 0) is 43.7 Å². The van der Waals surface area contributed by atoms with Crippen LogP contribution in [0.4, 0.5) is 5.95 Å². The normalized spacial score (nSPS) is 17.9. The van der Waals surface area contributed by atoms with Gasteiger partial charge in [-0.15, -0.1) is 0 Å². The second-order valence-electron chi connectivity index (χ2n) is 7.81. The minimum atomic E-state index is -3.60. The van der Waals surface area contributed by atoms with Crippen LogP contribution >= 0.6 is 0 Å². The number of rotatable bonds is 8. The largest absolute Gasteiger partial charge is 0.497 e. The number of hydrogen-bond donors (Lipinski definition) is 0.